The highest BCUT2D eigenvalue weighted by molar-refractivity contribution is 6.19. The summed E-state index contributed by atoms with van der Waals surface area (Å²) in [6, 6.07) is 0. The first-order valence-corrected chi connectivity index (χ1v) is 5.01. The summed E-state index contributed by atoms with van der Waals surface area (Å²) < 4.78 is 10.3. The Labute approximate surface area is 84.1 Å². The van der Waals surface area contributed by atoms with Gasteiger partial charge < -0.3 is 9.47 Å². The second-order valence-electron chi connectivity index (χ2n) is 2.53. The first-order valence-electron chi connectivity index (χ1n) is 4.14. The summed E-state index contributed by atoms with van der Waals surface area (Å²) in [5, 5.41) is 0. The molecule has 0 rings (SSSR count). The molecule has 0 aromatic heterocycles. The zero-order valence-corrected chi connectivity index (χ0v) is 9.07. The first-order chi connectivity index (χ1) is 5.63. The van der Waals surface area contributed by atoms with Crippen LogP contribution in [-0.2, 0) is 9.47 Å². The zero-order valence-electron chi connectivity index (χ0n) is 7.56. The number of halogens is 2. The van der Waals surface area contributed by atoms with E-state index < -0.39 is 0 Å². The third-order valence-electron chi connectivity index (χ3n) is 1.23. The summed E-state index contributed by atoms with van der Waals surface area (Å²) in [6.07, 6.45) is 1.92. The maximum Gasteiger partial charge on any atom is 0.128 e. The molecule has 0 heterocycles. The van der Waals surface area contributed by atoms with E-state index in [9.17, 15) is 0 Å². The van der Waals surface area contributed by atoms with Gasteiger partial charge in [-0.15, -0.1) is 0 Å². The quantitative estimate of drug-likeness (QED) is 0.480. The molecule has 0 bridgehead atoms. The van der Waals surface area contributed by atoms with E-state index in [-0.39, 0.29) is 11.1 Å². The van der Waals surface area contributed by atoms with E-state index >= 15 is 0 Å². The molecule has 2 atom stereocenters. The lowest BCUT2D eigenvalue weighted by Crippen LogP contribution is -2.05. The number of unbranched alkanes of at least 4 members (excludes halogenated alkanes) is 1. The van der Waals surface area contributed by atoms with Gasteiger partial charge in [0.25, 0.3) is 0 Å². The standard InChI is InChI=1S/C8H16Cl2O2/c1-7(9)11-5-3-4-6-12-8(2)10/h7-8H,3-6H2,1-2H3. The van der Waals surface area contributed by atoms with Crippen LogP contribution in [0.4, 0.5) is 0 Å². The van der Waals surface area contributed by atoms with Crippen LogP contribution in [0, 0.1) is 0 Å². The van der Waals surface area contributed by atoms with Crippen molar-refractivity contribution in [2.24, 2.45) is 0 Å². The lowest BCUT2D eigenvalue weighted by Gasteiger charge is -2.07. The molecular weight excluding hydrogens is 199 g/mol. The fourth-order valence-corrected chi connectivity index (χ4v) is 0.874. The van der Waals surface area contributed by atoms with Crippen molar-refractivity contribution in [1.29, 1.82) is 0 Å². The molecule has 0 saturated carbocycles. The van der Waals surface area contributed by atoms with Crippen LogP contribution in [0.2, 0.25) is 0 Å². The molecule has 0 fully saturated rings. The Balaban J connectivity index is 2.91. The maximum absolute atomic E-state index is 5.57. The molecule has 0 radical (unpaired) electrons. The first kappa shape index (κ1) is 12.5. The Morgan fingerprint density at radius 2 is 1.25 bits per heavy atom. The summed E-state index contributed by atoms with van der Waals surface area (Å²) in [6.45, 7) is 4.98. The van der Waals surface area contributed by atoms with Crippen LogP contribution in [0.3, 0.4) is 0 Å². The lowest BCUT2D eigenvalue weighted by molar-refractivity contribution is 0.0886. The van der Waals surface area contributed by atoms with Crippen LogP contribution in [0.15, 0.2) is 0 Å². The number of alkyl halides is 2. The second kappa shape index (κ2) is 8.11. The van der Waals surface area contributed by atoms with Gasteiger partial charge in [0.1, 0.15) is 11.1 Å². The van der Waals surface area contributed by atoms with Gasteiger partial charge in [0.05, 0.1) is 0 Å². The average Bonchev–Trinajstić information content (AvgIpc) is 1.95. The van der Waals surface area contributed by atoms with E-state index in [4.69, 9.17) is 32.7 Å². The molecule has 0 aliphatic carbocycles. The van der Waals surface area contributed by atoms with E-state index in [1.165, 1.54) is 0 Å². The van der Waals surface area contributed by atoms with Gasteiger partial charge in [-0.05, 0) is 26.7 Å². The van der Waals surface area contributed by atoms with Gasteiger partial charge in [-0.25, -0.2) is 0 Å². The van der Waals surface area contributed by atoms with Crippen molar-refractivity contribution < 1.29 is 9.47 Å². The molecule has 0 amide bonds. The third kappa shape index (κ3) is 10.5. The van der Waals surface area contributed by atoms with E-state index in [1.807, 2.05) is 0 Å². The Kier molecular flexibility index (Phi) is 8.45. The Hall–Kier alpha value is 0.500. The average molecular weight is 215 g/mol. The van der Waals surface area contributed by atoms with Gasteiger partial charge in [0, 0.05) is 13.2 Å². The van der Waals surface area contributed by atoms with Crippen molar-refractivity contribution in [2.75, 3.05) is 13.2 Å². The Morgan fingerprint density at radius 3 is 1.50 bits per heavy atom. The van der Waals surface area contributed by atoms with Gasteiger partial charge >= 0.3 is 0 Å². The highest BCUT2D eigenvalue weighted by atomic mass is 35.5. The molecule has 0 aliphatic heterocycles. The van der Waals surface area contributed by atoms with Crippen LogP contribution in [0.5, 0.6) is 0 Å². The van der Waals surface area contributed by atoms with E-state index in [1.54, 1.807) is 13.8 Å². The monoisotopic (exact) mass is 214 g/mol. The molecule has 2 unspecified atom stereocenters. The Bertz CT molecular complexity index is 85.1. The lowest BCUT2D eigenvalue weighted by atomic mass is 10.3. The van der Waals surface area contributed by atoms with Crippen LogP contribution >= 0.6 is 23.2 Å². The molecule has 0 N–H and O–H groups in total. The summed E-state index contributed by atoms with van der Waals surface area (Å²) in [5.41, 5.74) is -0.393. The molecule has 2 nitrogen and oxygen atoms in total. The smallest absolute Gasteiger partial charge is 0.128 e. The molecule has 12 heavy (non-hydrogen) atoms. The molecular formula is C8H16Cl2O2. The highest BCUT2D eigenvalue weighted by Crippen LogP contribution is 2.01. The second-order valence-corrected chi connectivity index (χ2v) is 3.76. The van der Waals surface area contributed by atoms with Gasteiger partial charge in [-0.3, -0.25) is 0 Å². The topological polar surface area (TPSA) is 18.5 Å². The van der Waals surface area contributed by atoms with Crippen molar-refractivity contribution in [3.05, 3.63) is 0 Å². The van der Waals surface area contributed by atoms with Crippen LogP contribution in [0.1, 0.15) is 26.7 Å². The Morgan fingerprint density at radius 1 is 0.917 bits per heavy atom. The maximum atomic E-state index is 5.57. The summed E-state index contributed by atoms with van der Waals surface area (Å²) in [5.74, 6) is 0. The molecule has 4 heteroatoms. The summed E-state index contributed by atoms with van der Waals surface area (Å²) in [4.78, 5) is 0. The molecule has 0 aromatic rings. The van der Waals surface area contributed by atoms with E-state index in [0.717, 1.165) is 12.8 Å². The number of ether oxygens (including phenoxy) is 2. The fraction of sp³-hybridized carbons (Fsp3) is 1.00. The predicted octanol–water partition coefficient (Wildman–Crippen LogP) is 2.97. The molecule has 74 valence electrons. The van der Waals surface area contributed by atoms with Crippen LogP contribution in [0.25, 0.3) is 0 Å². The fourth-order valence-electron chi connectivity index (χ4n) is 0.696. The van der Waals surface area contributed by atoms with Crippen molar-refractivity contribution in [2.45, 2.75) is 37.8 Å². The number of hydrogen-bond acceptors (Lipinski definition) is 2. The van der Waals surface area contributed by atoms with Gasteiger partial charge in [0.2, 0.25) is 0 Å². The van der Waals surface area contributed by atoms with Gasteiger partial charge in [-0.2, -0.15) is 0 Å². The van der Waals surface area contributed by atoms with Gasteiger partial charge in [-0.1, -0.05) is 23.2 Å². The van der Waals surface area contributed by atoms with E-state index in [0.29, 0.717) is 13.2 Å². The number of rotatable bonds is 7. The number of hydrogen-bond donors (Lipinski definition) is 0. The predicted molar refractivity (Wildman–Crippen MR) is 51.8 cm³/mol. The molecule has 0 saturated heterocycles. The minimum atomic E-state index is -0.196. The minimum absolute atomic E-state index is 0.196. The van der Waals surface area contributed by atoms with Crippen molar-refractivity contribution in [1.82, 2.24) is 0 Å². The van der Waals surface area contributed by atoms with Crippen LogP contribution < -0.4 is 0 Å². The third-order valence-corrected chi connectivity index (χ3v) is 1.49. The molecule has 0 aromatic carbocycles. The van der Waals surface area contributed by atoms with E-state index in [2.05, 4.69) is 0 Å². The summed E-state index contributed by atoms with van der Waals surface area (Å²) >= 11 is 11.1. The zero-order chi connectivity index (χ0) is 9.40. The highest BCUT2D eigenvalue weighted by Gasteiger charge is 1.96. The SMILES string of the molecule is CC(Cl)OCCCCOC(C)Cl. The van der Waals surface area contributed by atoms with Crippen molar-refractivity contribution in [3.63, 3.8) is 0 Å². The normalized spacial score (nSPS) is 16.0. The minimum Gasteiger partial charge on any atom is -0.363 e. The van der Waals surface area contributed by atoms with Crippen molar-refractivity contribution >= 4 is 23.2 Å². The summed E-state index contributed by atoms with van der Waals surface area (Å²) in [7, 11) is 0. The van der Waals surface area contributed by atoms with Crippen LogP contribution in [-0.4, -0.2) is 24.3 Å². The molecule has 0 aliphatic rings. The van der Waals surface area contributed by atoms with Gasteiger partial charge in [0.15, 0.2) is 0 Å². The largest absolute Gasteiger partial charge is 0.363 e. The van der Waals surface area contributed by atoms with Crippen molar-refractivity contribution in [3.8, 4) is 0 Å². The molecule has 0 spiro atoms.